The van der Waals surface area contributed by atoms with Gasteiger partial charge in [-0.2, -0.15) is 0 Å². The average Bonchev–Trinajstić information content (AvgIpc) is 2.99. The molecule has 1 fully saturated rings. The standard InChI is InChI=1S/C16H20N4O4S2/c1-12-17-10-13(25-12)11-18-5-7-19(8-6-18)15-4-3-14(26(2,23)24)9-16(15)20(21)22/h3-4,9-10H,5-8,11H2,1-2H3. The van der Waals surface area contributed by atoms with Gasteiger partial charge in [0.05, 0.1) is 14.8 Å². The summed E-state index contributed by atoms with van der Waals surface area (Å²) in [4.78, 5) is 20.6. The van der Waals surface area contributed by atoms with Crippen molar-refractivity contribution in [2.24, 2.45) is 0 Å². The third-order valence-electron chi connectivity index (χ3n) is 4.33. The lowest BCUT2D eigenvalue weighted by Crippen LogP contribution is -2.46. The van der Waals surface area contributed by atoms with Gasteiger partial charge in [0.25, 0.3) is 5.69 Å². The highest BCUT2D eigenvalue weighted by Gasteiger charge is 2.25. The smallest absolute Gasteiger partial charge is 0.293 e. The van der Waals surface area contributed by atoms with Crippen molar-refractivity contribution in [1.29, 1.82) is 0 Å². The van der Waals surface area contributed by atoms with Crippen molar-refractivity contribution in [2.45, 2.75) is 18.4 Å². The number of sulfone groups is 1. The summed E-state index contributed by atoms with van der Waals surface area (Å²) < 4.78 is 23.3. The summed E-state index contributed by atoms with van der Waals surface area (Å²) in [6, 6.07) is 4.12. The van der Waals surface area contributed by atoms with Gasteiger partial charge in [0.15, 0.2) is 9.84 Å². The van der Waals surface area contributed by atoms with Crippen LogP contribution in [0.2, 0.25) is 0 Å². The Labute approximate surface area is 156 Å². The minimum atomic E-state index is -3.48. The lowest BCUT2D eigenvalue weighted by Gasteiger charge is -2.35. The number of nitrogens with zero attached hydrogens (tertiary/aromatic N) is 4. The normalized spacial score (nSPS) is 16.0. The van der Waals surface area contributed by atoms with Gasteiger partial charge in [-0.15, -0.1) is 11.3 Å². The lowest BCUT2D eigenvalue weighted by molar-refractivity contribution is -0.384. The van der Waals surface area contributed by atoms with E-state index in [1.807, 2.05) is 18.0 Å². The number of nitro benzene ring substituents is 1. The van der Waals surface area contributed by atoms with Crippen LogP contribution in [0.25, 0.3) is 0 Å². The van der Waals surface area contributed by atoms with Crippen molar-refractivity contribution in [3.63, 3.8) is 0 Å². The first-order chi connectivity index (χ1) is 12.2. The highest BCUT2D eigenvalue weighted by Crippen LogP contribution is 2.31. The molecule has 2 heterocycles. The SMILES string of the molecule is Cc1ncc(CN2CCN(c3ccc(S(C)(=O)=O)cc3[N+](=O)[O-])CC2)s1. The topological polar surface area (TPSA) is 96.7 Å². The van der Waals surface area contributed by atoms with Crippen LogP contribution >= 0.6 is 11.3 Å². The van der Waals surface area contributed by atoms with Gasteiger partial charge in [-0.25, -0.2) is 13.4 Å². The first-order valence-electron chi connectivity index (χ1n) is 8.11. The number of aromatic nitrogens is 1. The van der Waals surface area contributed by atoms with E-state index in [0.29, 0.717) is 18.8 Å². The molecule has 0 radical (unpaired) electrons. The number of nitro groups is 1. The van der Waals surface area contributed by atoms with E-state index in [0.717, 1.165) is 37.0 Å². The summed E-state index contributed by atoms with van der Waals surface area (Å²) in [5.41, 5.74) is 0.301. The summed E-state index contributed by atoms with van der Waals surface area (Å²) in [6.07, 6.45) is 2.94. The number of benzene rings is 1. The molecular weight excluding hydrogens is 376 g/mol. The summed E-state index contributed by atoms with van der Waals surface area (Å²) in [5, 5.41) is 12.5. The molecule has 0 amide bonds. The van der Waals surface area contributed by atoms with E-state index in [1.165, 1.54) is 17.0 Å². The van der Waals surface area contributed by atoms with Gasteiger partial charge in [-0.3, -0.25) is 15.0 Å². The van der Waals surface area contributed by atoms with Gasteiger partial charge in [0.2, 0.25) is 0 Å². The zero-order valence-electron chi connectivity index (χ0n) is 14.6. The number of rotatable bonds is 5. The number of anilines is 1. The van der Waals surface area contributed by atoms with E-state index in [1.54, 1.807) is 11.3 Å². The van der Waals surface area contributed by atoms with Gasteiger partial charge in [-0.05, 0) is 19.1 Å². The molecule has 1 aliphatic heterocycles. The van der Waals surface area contributed by atoms with Gasteiger partial charge in [0.1, 0.15) is 5.69 Å². The molecule has 8 nitrogen and oxygen atoms in total. The van der Waals surface area contributed by atoms with Crippen LogP contribution in [-0.4, -0.2) is 55.7 Å². The van der Waals surface area contributed by atoms with Gasteiger partial charge >= 0.3 is 0 Å². The molecule has 3 rings (SSSR count). The summed E-state index contributed by atoms with van der Waals surface area (Å²) in [6.45, 7) is 5.66. The Balaban J connectivity index is 1.73. The minimum absolute atomic E-state index is 0.0350. The molecule has 0 saturated carbocycles. The molecule has 1 saturated heterocycles. The summed E-state index contributed by atoms with van der Waals surface area (Å²) in [7, 11) is -3.48. The van der Waals surface area contributed by atoms with E-state index in [4.69, 9.17) is 0 Å². The van der Waals surface area contributed by atoms with Crippen molar-refractivity contribution < 1.29 is 13.3 Å². The third kappa shape index (κ3) is 4.19. The molecule has 140 valence electrons. The number of aryl methyl sites for hydroxylation is 1. The summed E-state index contributed by atoms with van der Waals surface area (Å²) >= 11 is 1.68. The van der Waals surface area contributed by atoms with Crippen LogP contribution in [0.15, 0.2) is 29.3 Å². The molecule has 0 bridgehead atoms. The number of hydrogen-bond acceptors (Lipinski definition) is 8. The largest absolute Gasteiger partial charge is 0.363 e. The second kappa shape index (κ2) is 7.29. The van der Waals surface area contributed by atoms with Crippen LogP contribution in [-0.2, 0) is 16.4 Å². The lowest BCUT2D eigenvalue weighted by atomic mass is 10.2. The third-order valence-corrected chi connectivity index (χ3v) is 6.34. The van der Waals surface area contributed by atoms with Crippen molar-refractivity contribution in [3.05, 3.63) is 44.4 Å². The van der Waals surface area contributed by atoms with Crippen LogP contribution < -0.4 is 4.90 Å². The Hall–Kier alpha value is -2.04. The Kier molecular flexibility index (Phi) is 5.26. The fourth-order valence-electron chi connectivity index (χ4n) is 2.99. The second-order valence-corrected chi connectivity index (χ2v) is 9.62. The van der Waals surface area contributed by atoms with Crippen LogP contribution in [0.4, 0.5) is 11.4 Å². The molecule has 1 aliphatic rings. The van der Waals surface area contributed by atoms with E-state index in [9.17, 15) is 18.5 Å². The molecule has 10 heteroatoms. The highest BCUT2D eigenvalue weighted by molar-refractivity contribution is 7.90. The molecule has 0 N–H and O–H groups in total. The predicted molar refractivity (Wildman–Crippen MR) is 101 cm³/mol. The molecule has 2 aromatic rings. The summed E-state index contributed by atoms with van der Waals surface area (Å²) in [5.74, 6) is 0. The minimum Gasteiger partial charge on any atom is -0.363 e. The molecule has 26 heavy (non-hydrogen) atoms. The van der Waals surface area contributed by atoms with Gasteiger partial charge < -0.3 is 4.90 Å². The van der Waals surface area contributed by atoms with Crippen LogP contribution in [0.3, 0.4) is 0 Å². The number of hydrogen-bond donors (Lipinski definition) is 0. The Bertz CT molecular complexity index is 918. The quantitative estimate of drug-likeness (QED) is 0.564. The maximum atomic E-state index is 11.7. The molecule has 1 aromatic heterocycles. The zero-order chi connectivity index (χ0) is 18.9. The maximum absolute atomic E-state index is 11.7. The zero-order valence-corrected chi connectivity index (χ0v) is 16.2. The second-order valence-electron chi connectivity index (χ2n) is 6.29. The van der Waals surface area contributed by atoms with Crippen molar-refractivity contribution in [1.82, 2.24) is 9.88 Å². The maximum Gasteiger partial charge on any atom is 0.293 e. The van der Waals surface area contributed by atoms with Crippen molar-refractivity contribution >= 4 is 32.5 Å². The molecule has 0 atom stereocenters. The Morgan fingerprint density at radius 1 is 1.27 bits per heavy atom. The van der Waals surface area contributed by atoms with Crippen molar-refractivity contribution in [2.75, 3.05) is 37.3 Å². The highest BCUT2D eigenvalue weighted by atomic mass is 32.2. The van der Waals surface area contributed by atoms with Gasteiger partial charge in [0, 0.05) is 56.1 Å². The average molecular weight is 396 g/mol. The van der Waals surface area contributed by atoms with Crippen molar-refractivity contribution in [3.8, 4) is 0 Å². The molecule has 1 aromatic carbocycles. The predicted octanol–water partition coefficient (Wildman–Crippen LogP) is 2.09. The number of thiazole rings is 1. The van der Waals surface area contributed by atoms with E-state index < -0.39 is 14.8 Å². The fraction of sp³-hybridized carbons (Fsp3) is 0.438. The molecule has 0 aliphatic carbocycles. The Morgan fingerprint density at radius 3 is 2.50 bits per heavy atom. The van der Waals surface area contributed by atoms with Gasteiger partial charge in [-0.1, -0.05) is 0 Å². The molecular formula is C16H20N4O4S2. The monoisotopic (exact) mass is 396 g/mol. The first kappa shape index (κ1) is 18.7. The van der Waals surface area contributed by atoms with E-state index >= 15 is 0 Å². The van der Waals surface area contributed by atoms with E-state index in [2.05, 4.69) is 9.88 Å². The first-order valence-corrected chi connectivity index (χ1v) is 10.8. The van der Waals surface area contributed by atoms with Crippen LogP contribution in [0.5, 0.6) is 0 Å². The number of piperazine rings is 1. The van der Waals surface area contributed by atoms with Crippen LogP contribution in [0, 0.1) is 17.0 Å². The molecule has 0 spiro atoms. The molecule has 0 unspecified atom stereocenters. The van der Waals surface area contributed by atoms with E-state index in [-0.39, 0.29) is 10.6 Å². The Morgan fingerprint density at radius 2 is 1.96 bits per heavy atom. The van der Waals surface area contributed by atoms with Crippen LogP contribution in [0.1, 0.15) is 9.88 Å². The fourth-order valence-corrected chi connectivity index (χ4v) is 4.47.